The van der Waals surface area contributed by atoms with E-state index < -0.39 is 14.1 Å². The summed E-state index contributed by atoms with van der Waals surface area (Å²) in [5.74, 6) is -0.556. The van der Waals surface area contributed by atoms with Gasteiger partial charge in [0, 0.05) is 18.9 Å². The molecule has 0 fully saturated rings. The SMILES string of the molecule is CCN(C(=O)c1cccc(F)c1-c1ncccn1)[C@@H](C)CO[Si](C)(C)C(C)(C)C. The Morgan fingerprint density at radius 2 is 1.83 bits per heavy atom. The molecule has 1 amide bonds. The minimum absolute atomic E-state index is 0.0914. The molecule has 0 aliphatic rings. The van der Waals surface area contributed by atoms with Gasteiger partial charge in [0.15, 0.2) is 14.1 Å². The molecule has 0 saturated heterocycles. The molecule has 0 unspecified atom stereocenters. The number of halogens is 1. The van der Waals surface area contributed by atoms with Crippen LogP contribution in [0.1, 0.15) is 45.0 Å². The summed E-state index contributed by atoms with van der Waals surface area (Å²) >= 11 is 0. The van der Waals surface area contributed by atoms with Gasteiger partial charge in [0.2, 0.25) is 0 Å². The highest BCUT2D eigenvalue weighted by molar-refractivity contribution is 6.74. The first kappa shape index (κ1) is 23.2. The van der Waals surface area contributed by atoms with Crippen molar-refractivity contribution >= 4 is 14.2 Å². The fourth-order valence-corrected chi connectivity index (χ4v) is 3.89. The van der Waals surface area contributed by atoms with Gasteiger partial charge in [-0.15, -0.1) is 0 Å². The first-order valence-electron chi connectivity index (χ1n) is 10.0. The highest BCUT2D eigenvalue weighted by Gasteiger charge is 2.38. The maximum Gasteiger partial charge on any atom is 0.255 e. The molecule has 5 nitrogen and oxygen atoms in total. The van der Waals surface area contributed by atoms with Crippen LogP contribution in [-0.4, -0.2) is 48.3 Å². The molecule has 0 spiro atoms. The quantitative estimate of drug-likeness (QED) is 0.584. The van der Waals surface area contributed by atoms with E-state index in [2.05, 4.69) is 43.8 Å². The van der Waals surface area contributed by atoms with Crippen LogP contribution in [0.25, 0.3) is 11.4 Å². The van der Waals surface area contributed by atoms with E-state index in [1.807, 2.05) is 13.8 Å². The van der Waals surface area contributed by atoms with Crippen molar-refractivity contribution in [2.24, 2.45) is 0 Å². The number of carbonyl (C=O) groups excluding carboxylic acids is 1. The number of rotatable bonds is 7. The molecule has 7 heteroatoms. The summed E-state index contributed by atoms with van der Waals surface area (Å²) in [4.78, 5) is 23.3. The Balaban J connectivity index is 2.30. The van der Waals surface area contributed by atoms with E-state index in [-0.39, 0.29) is 33.9 Å². The molecular formula is C22H32FN3O2Si. The van der Waals surface area contributed by atoms with Gasteiger partial charge < -0.3 is 9.33 Å². The summed E-state index contributed by atoms with van der Waals surface area (Å²) in [5.41, 5.74) is 0.395. The normalized spacial score (nSPS) is 13.2. The van der Waals surface area contributed by atoms with Gasteiger partial charge in [-0.05, 0) is 50.2 Å². The number of aromatic nitrogens is 2. The van der Waals surface area contributed by atoms with Crippen molar-refractivity contribution in [3.05, 3.63) is 48.0 Å². The molecule has 0 aliphatic heterocycles. The molecule has 0 N–H and O–H groups in total. The average molecular weight is 418 g/mol. The number of benzene rings is 1. The zero-order valence-electron chi connectivity index (χ0n) is 18.5. The van der Waals surface area contributed by atoms with E-state index >= 15 is 0 Å². The third kappa shape index (κ3) is 5.28. The van der Waals surface area contributed by atoms with Crippen molar-refractivity contribution in [2.45, 2.75) is 58.8 Å². The largest absolute Gasteiger partial charge is 0.415 e. The predicted molar refractivity (Wildman–Crippen MR) is 117 cm³/mol. The van der Waals surface area contributed by atoms with Crippen molar-refractivity contribution in [1.82, 2.24) is 14.9 Å². The lowest BCUT2D eigenvalue weighted by Crippen LogP contribution is -2.47. The van der Waals surface area contributed by atoms with E-state index in [1.54, 1.807) is 23.1 Å². The van der Waals surface area contributed by atoms with Crippen LogP contribution in [0, 0.1) is 5.82 Å². The minimum atomic E-state index is -1.93. The molecule has 29 heavy (non-hydrogen) atoms. The van der Waals surface area contributed by atoms with Crippen LogP contribution in [0.2, 0.25) is 18.1 Å². The summed E-state index contributed by atoms with van der Waals surface area (Å²) < 4.78 is 20.9. The van der Waals surface area contributed by atoms with Crippen molar-refractivity contribution < 1.29 is 13.6 Å². The third-order valence-electron chi connectivity index (χ3n) is 5.66. The molecule has 1 aromatic carbocycles. The molecule has 1 aromatic heterocycles. The summed E-state index contributed by atoms with van der Waals surface area (Å²) in [6, 6.07) is 6.00. The summed E-state index contributed by atoms with van der Waals surface area (Å²) in [6.07, 6.45) is 3.08. The van der Waals surface area contributed by atoms with Crippen LogP contribution in [0.4, 0.5) is 4.39 Å². The maximum atomic E-state index is 14.6. The zero-order chi connectivity index (χ0) is 21.8. The van der Waals surface area contributed by atoms with Gasteiger partial charge in [-0.1, -0.05) is 26.8 Å². The summed E-state index contributed by atoms with van der Waals surface area (Å²) in [7, 11) is -1.93. The van der Waals surface area contributed by atoms with Crippen LogP contribution in [0.3, 0.4) is 0 Å². The summed E-state index contributed by atoms with van der Waals surface area (Å²) in [6.45, 7) is 15.8. The molecule has 1 heterocycles. The predicted octanol–water partition coefficient (Wildman–Crippen LogP) is 5.16. The van der Waals surface area contributed by atoms with E-state index in [0.717, 1.165) is 0 Å². The van der Waals surface area contributed by atoms with Gasteiger partial charge in [-0.3, -0.25) is 4.79 Å². The topological polar surface area (TPSA) is 55.3 Å². The highest BCUT2D eigenvalue weighted by atomic mass is 28.4. The van der Waals surface area contributed by atoms with Crippen molar-refractivity contribution in [1.29, 1.82) is 0 Å². The second kappa shape index (κ2) is 9.13. The molecule has 0 radical (unpaired) electrons. The van der Waals surface area contributed by atoms with Gasteiger partial charge in [-0.2, -0.15) is 0 Å². The fraction of sp³-hybridized carbons (Fsp3) is 0.500. The molecule has 0 aliphatic carbocycles. The third-order valence-corrected chi connectivity index (χ3v) is 10.2. The molecule has 158 valence electrons. The van der Waals surface area contributed by atoms with E-state index in [1.165, 1.54) is 18.5 Å². The lowest BCUT2D eigenvalue weighted by molar-refractivity contribution is 0.0640. The summed E-state index contributed by atoms with van der Waals surface area (Å²) in [5, 5.41) is 0.0914. The molecule has 2 rings (SSSR count). The number of likely N-dealkylation sites (N-methyl/N-ethyl adjacent to an activating group) is 1. The van der Waals surface area contributed by atoms with Crippen LogP contribution >= 0.6 is 0 Å². The standard InChI is InChI=1S/C22H32FN3O2Si/c1-8-26(16(2)15-28-29(6,7)22(3,4)5)21(27)17-11-9-12-18(23)19(17)20-24-13-10-14-25-20/h9-14,16H,8,15H2,1-7H3/t16-/m0/s1. The molecular weight excluding hydrogens is 385 g/mol. The average Bonchev–Trinajstić information content (AvgIpc) is 2.66. The molecule has 0 saturated carbocycles. The van der Waals surface area contributed by atoms with Crippen molar-refractivity contribution in [2.75, 3.05) is 13.2 Å². The molecule has 2 aromatic rings. The van der Waals surface area contributed by atoms with Gasteiger partial charge in [-0.25, -0.2) is 14.4 Å². The fourth-order valence-electron chi connectivity index (χ4n) is 2.80. The first-order chi connectivity index (χ1) is 13.5. The lowest BCUT2D eigenvalue weighted by atomic mass is 10.0. The van der Waals surface area contributed by atoms with Gasteiger partial charge >= 0.3 is 0 Å². The lowest BCUT2D eigenvalue weighted by Gasteiger charge is -2.38. The smallest absolute Gasteiger partial charge is 0.255 e. The number of amides is 1. The maximum absolute atomic E-state index is 14.6. The van der Waals surface area contributed by atoms with Crippen LogP contribution in [0.15, 0.2) is 36.7 Å². The number of hydrogen-bond donors (Lipinski definition) is 0. The number of carbonyl (C=O) groups is 1. The Morgan fingerprint density at radius 1 is 1.21 bits per heavy atom. The van der Waals surface area contributed by atoms with Gasteiger partial charge in [0.25, 0.3) is 5.91 Å². The number of nitrogens with zero attached hydrogens (tertiary/aromatic N) is 3. The second-order valence-corrected chi connectivity index (χ2v) is 13.6. The second-order valence-electron chi connectivity index (χ2n) is 8.75. The van der Waals surface area contributed by atoms with Crippen LogP contribution in [-0.2, 0) is 4.43 Å². The Hall–Kier alpha value is -2.12. The van der Waals surface area contributed by atoms with Crippen LogP contribution in [0.5, 0.6) is 0 Å². The van der Waals surface area contributed by atoms with Crippen LogP contribution < -0.4 is 0 Å². The first-order valence-corrected chi connectivity index (χ1v) is 12.9. The monoisotopic (exact) mass is 417 g/mol. The Morgan fingerprint density at radius 3 is 2.38 bits per heavy atom. The minimum Gasteiger partial charge on any atom is -0.415 e. The Labute approximate surface area is 174 Å². The Bertz CT molecular complexity index is 838. The van der Waals surface area contributed by atoms with E-state index in [9.17, 15) is 9.18 Å². The number of hydrogen-bond acceptors (Lipinski definition) is 4. The van der Waals surface area contributed by atoms with E-state index in [4.69, 9.17) is 4.43 Å². The molecule has 0 bridgehead atoms. The van der Waals surface area contributed by atoms with E-state index in [0.29, 0.717) is 13.2 Å². The van der Waals surface area contributed by atoms with Gasteiger partial charge in [0.05, 0.1) is 23.8 Å². The van der Waals surface area contributed by atoms with Gasteiger partial charge in [0.1, 0.15) is 5.82 Å². The highest BCUT2D eigenvalue weighted by Crippen LogP contribution is 2.36. The van der Waals surface area contributed by atoms with Crippen molar-refractivity contribution in [3.8, 4) is 11.4 Å². The molecule has 1 atom stereocenters. The zero-order valence-corrected chi connectivity index (χ0v) is 19.5. The Kier molecular flexibility index (Phi) is 7.29. The van der Waals surface area contributed by atoms with Crippen molar-refractivity contribution in [3.63, 3.8) is 0 Å².